The minimum absolute atomic E-state index is 0.0542. The van der Waals surface area contributed by atoms with E-state index in [9.17, 15) is 8.78 Å². The Labute approximate surface area is 81.6 Å². The molecule has 4 heteroatoms. The highest BCUT2D eigenvalue weighted by Crippen LogP contribution is 2.31. The highest BCUT2D eigenvalue weighted by molar-refractivity contribution is 5.51. The second-order valence-electron chi connectivity index (χ2n) is 3.64. The molecular formula is C10H12F2N2. The van der Waals surface area contributed by atoms with Gasteiger partial charge in [-0.3, -0.25) is 4.98 Å². The van der Waals surface area contributed by atoms with E-state index in [1.54, 1.807) is 17.2 Å². The molecule has 2 heterocycles. The molecule has 1 aliphatic rings. The molecule has 0 atom stereocenters. The number of halogens is 2. The van der Waals surface area contributed by atoms with Gasteiger partial charge in [0, 0.05) is 19.2 Å². The van der Waals surface area contributed by atoms with Crippen molar-refractivity contribution in [3.05, 3.63) is 24.0 Å². The molecule has 0 aliphatic carbocycles. The van der Waals surface area contributed by atoms with Gasteiger partial charge in [-0.15, -0.1) is 0 Å². The van der Waals surface area contributed by atoms with Gasteiger partial charge in [-0.25, -0.2) is 8.78 Å². The number of hydrogen-bond donors (Lipinski definition) is 0. The van der Waals surface area contributed by atoms with Gasteiger partial charge in [0.15, 0.2) is 0 Å². The van der Waals surface area contributed by atoms with Crippen molar-refractivity contribution < 1.29 is 8.78 Å². The normalized spacial score (nSPS) is 20.1. The zero-order chi connectivity index (χ0) is 10.2. The second-order valence-corrected chi connectivity index (χ2v) is 3.64. The first-order valence-electron chi connectivity index (χ1n) is 4.63. The Balaban J connectivity index is 2.22. The second kappa shape index (κ2) is 3.19. The third-order valence-electron chi connectivity index (χ3n) is 2.49. The summed E-state index contributed by atoms with van der Waals surface area (Å²) in [5.41, 5.74) is 1.63. The van der Waals surface area contributed by atoms with Gasteiger partial charge in [-0.1, -0.05) is 0 Å². The van der Waals surface area contributed by atoms with Crippen LogP contribution in [0.25, 0.3) is 0 Å². The molecule has 1 aromatic heterocycles. The molecule has 14 heavy (non-hydrogen) atoms. The van der Waals surface area contributed by atoms with E-state index in [1.165, 1.54) is 0 Å². The summed E-state index contributed by atoms with van der Waals surface area (Å²) in [6.45, 7) is 2.07. The lowest BCUT2D eigenvalue weighted by molar-refractivity contribution is 0.0257. The van der Waals surface area contributed by atoms with Crippen LogP contribution in [0.15, 0.2) is 18.3 Å². The van der Waals surface area contributed by atoms with Crippen LogP contribution in [0.1, 0.15) is 12.1 Å². The van der Waals surface area contributed by atoms with Gasteiger partial charge in [-0.05, 0) is 19.1 Å². The summed E-state index contributed by atoms with van der Waals surface area (Å²) in [6.07, 6.45) is 1.62. The molecule has 2 nitrogen and oxygen atoms in total. The van der Waals surface area contributed by atoms with Gasteiger partial charge in [0.1, 0.15) is 0 Å². The predicted molar refractivity (Wildman–Crippen MR) is 50.8 cm³/mol. The van der Waals surface area contributed by atoms with Gasteiger partial charge >= 0.3 is 0 Å². The lowest BCUT2D eigenvalue weighted by atomic mass is 10.3. The molecule has 0 bridgehead atoms. The molecule has 0 radical (unpaired) electrons. The molecule has 1 aromatic rings. The van der Waals surface area contributed by atoms with Crippen LogP contribution in [0.5, 0.6) is 0 Å². The number of pyridine rings is 1. The van der Waals surface area contributed by atoms with Crippen molar-refractivity contribution in [3.63, 3.8) is 0 Å². The molecular weight excluding hydrogens is 186 g/mol. The monoisotopic (exact) mass is 198 g/mol. The van der Waals surface area contributed by atoms with Crippen molar-refractivity contribution in [1.82, 2.24) is 4.98 Å². The van der Waals surface area contributed by atoms with E-state index in [-0.39, 0.29) is 13.0 Å². The van der Waals surface area contributed by atoms with Gasteiger partial charge in [-0.2, -0.15) is 0 Å². The highest BCUT2D eigenvalue weighted by Gasteiger charge is 2.38. The number of alkyl halides is 2. The fourth-order valence-electron chi connectivity index (χ4n) is 1.75. The first kappa shape index (κ1) is 9.37. The zero-order valence-corrected chi connectivity index (χ0v) is 8.00. The average Bonchev–Trinajstić information content (AvgIpc) is 2.47. The molecule has 1 saturated heterocycles. The van der Waals surface area contributed by atoms with Crippen molar-refractivity contribution in [3.8, 4) is 0 Å². The van der Waals surface area contributed by atoms with Crippen LogP contribution >= 0.6 is 0 Å². The predicted octanol–water partition coefficient (Wildman–Crippen LogP) is 2.24. The average molecular weight is 198 g/mol. The minimum atomic E-state index is -2.54. The Morgan fingerprint density at radius 1 is 1.50 bits per heavy atom. The van der Waals surface area contributed by atoms with E-state index in [0.717, 1.165) is 11.4 Å². The Kier molecular flexibility index (Phi) is 2.13. The van der Waals surface area contributed by atoms with Crippen molar-refractivity contribution in [2.75, 3.05) is 18.0 Å². The highest BCUT2D eigenvalue weighted by atomic mass is 19.3. The van der Waals surface area contributed by atoms with Crippen molar-refractivity contribution in [2.24, 2.45) is 0 Å². The Morgan fingerprint density at radius 3 is 2.86 bits per heavy atom. The lowest BCUT2D eigenvalue weighted by Gasteiger charge is -2.19. The number of anilines is 1. The van der Waals surface area contributed by atoms with Crippen LogP contribution in [0.4, 0.5) is 14.5 Å². The molecule has 0 unspecified atom stereocenters. The molecule has 2 rings (SSSR count). The number of nitrogens with zero attached hydrogens (tertiary/aromatic N) is 2. The maximum absolute atomic E-state index is 12.9. The summed E-state index contributed by atoms with van der Waals surface area (Å²) >= 11 is 0. The summed E-state index contributed by atoms with van der Waals surface area (Å²) in [5.74, 6) is -2.54. The van der Waals surface area contributed by atoms with E-state index in [0.29, 0.717) is 6.54 Å². The summed E-state index contributed by atoms with van der Waals surface area (Å²) in [7, 11) is 0. The smallest absolute Gasteiger partial charge is 0.266 e. The van der Waals surface area contributed by atoms with Crippen LogP contribution < -0.4 is 4.90 Å². The minimum Gasteiger partial charge on any atom is -0.364 e. The van der Waals surface area contributed by atoms with Crippen molar-refractivity contribution in [1.29, 1.82) is 0 Å². The summed E-state index contributed by atoms with van der Waals surface area (Å²) in [4.78, 5) is 5.78. The fraction of sp³-hybridized carbons (Fsp3) is 0.500. The van der Waals surface area contributed by atoms with Gasteiger partial charge in [0.2, 0.25) is 0 Å². The first-order valence-corrected chi connectivity index (χ1v) is 4.63. The molecule has 1 aliphatic heterocycles. The van der Waals surface area contributed by atoms with E-state index in [4.69, 9.17) is 0 Å². The van der Waals surface area contributed by atoms with E-state index in [2.05, 4.69) is 4.98 Å². The fourth-order valence-corrected chi connectivity index (χ4v) is 1.75. The number of rotatable bonds is 1. The van der Waals surface area contributed by atoms with Crippen molar-refractivity contribution in [2.45, 2.75) is 19.3 Å². The van der Waals surface area contributed by atoms with Gasteiger partial charge in [0.05, 0.1) is 17.9 Å². The van der Waals surface area contributed by atoms with Crippen LogP contribution in [0, 0.1) is 6.92 Å². The molecule has 0 amide bonds. The van der Waals surface area contributed by atoms with E-state index >= 15 is 0 Å². The molecule has 1 fully saturated rings. The topological polar surface area (TPSA) is 16.1 Å². The van der Waals surface area contributed by atoms with E-state index in [1.807, 2.05) is 13.0 Å². The summed E-state index contributed by atoms with van der Waals surface area (Å²) in [6, 6.07) is 3.61. The quantitative estimate of drug-likeness (QED) is 0.688. The Morgan fingerprint density at radius 2 is 2.29 bits per heavy atom. The third-order valence-corrected chi connectivity index (χ3v) is 2.49. The first-order chi connectivity index (χ1) is 6.58. The molecule has 0 spiro atoms. The largest absolute Gasteiger partial charge is 0.364 e. The molecule has 0 N–H and O–H groups in total. The Bertz CT molecular complexity index is 339. The van der Waals surface area contributed by atoms with Gasteiger partial charge in [0.25, 0.3) is 5.92 Å². The van der Waals surface area contributed by atoms with Crippen LogP contribution in [-0.4, -0.2) is 24.0 Å². The van der Waals surface area contributed by atoms with Crippen molar-refractivity contribution >= 4 is 5.69 Å². The van der Waals surface area contributed by atoms with E-state index < -0.39 is 5.92 Å². The van der Waals surface area contributed by atoms with Crippen LogP contribution in [0.3, 0.4) is 0 Å². The number of hydrogen-bond acceptors (Lipinski definition) is 2. The standard InChI is InChI=1S/C10H12F2N2/c1-8-9(3-2-5-13-8)14-6-4-10(11,12)7-14/h2-3,5H,4,6-7H2,1H3. The van der Waals surface area contributed by atoms with Crippen LogP contribution in [0.2, 0.25) is 0 Å². The number of aromatic nitrogens is 1. The molecule has 0 saturated carbocycles. The maximum atomic E-state index is 12.9. The maximum Gasteiger partial charge on any atom is 0.266 e. The molecule has 76 valence electrons. The summed E-state index contributed by atoms with van der Waals surface area (Å²) < 4.78 is 25.9. The number of aryl methyl sites for hydroxylation is 1. The molecule has 0 aromatic carbocycles. The Hall–Kier alpha value is -1.19. The summed E-state index contributed by atoms with van der Waals surface area (Å²) in [5, 5.41) is 0. The van der Waals surface area contributed by atoms with Crippen LogP contribution in [-0.2, 0) is 0 Å². The SMILES string of the molecule is Cc1ncccc1N1CCC(F)(F)C1. The van der Waals surface area contributed by atoms with Gasteiger partial charge < -0.3 is 4.90 Å². The lowest BCUT2D eigenvalue weighted by Crippen LogP contribution is -2.25. The zero-order valence-electron chi connectivity index (χ0n) is 8.00. The third kappa shape index (κ3) is 1.69.